The Hall–Kier alpha value is -0.890. The molecule has 1 fully saturated rings. The summed E-state index contributed by atoms with van der Waals surface area (Å²) in [5.74, 6) is 1.30. The highest BCUT2D eigenvalue weighted by Gasteiger charge is 2.50. The van der Waals surface area contributed by atoms with Crippen LogP contribution in [0.4, 0.5) is 0 Å². The first-order valence-corrected chi connectivity index (χ1v) is 6.23. The predicted molar refractivity (Wildman–Crippen MR) is 61.8 cm³/mol. The van der Waals surface area contributed by atoms with Crippen LogP contribution in [0.25, 0.3) is 0 Å². The monoisotopic (exact) mass is 218 g/mol. The van der Waals surface area contributed by atoms with Crippen molar-refractivity contribution in [2.45, 2.75) is 38.7 Å². The summed E-state index contributed by atoms with van der Waals surface area (Å²) in [5.41, 5.74) is 1.15. The third-order valence-corrected chi connectivity index (χ3v) is 4.85. The van der Waals surface area contributed by atoms with Crippen LogP contribution in [0, 0.1) is 17.3 Å². The van der Waals surface area contributed by atoms with Crippen molar-refractivity contribution >= 4 is 5.78 Å². The summed E-state index contributed by atoms with van der Waals surface area (Å²) in [4.78, 5) is 11.4. The van der Waals surface area contributed by atoms with Crippen molar-refractivity contribution in [1.29, 1.82) is 0 Å². The van der Waals surface area contributed by atoms with Crippen LogP contribution in [0.5, 0.6) is 0 Å². The SMILES string of the molecule is CC12C=CC3=CC(=O)CCC3C1CCC2O. The highest BCUT2D eigenvalue weighted by Crippen LogP contribution is 2.54. The molecule has 4 atom stereocenters. The Kier molecular flexibility index (Phi) is 2.12. The maximum atomic E-state index is 11.4. The van der Waals surface area contributed by atoms with E-state index in [-0.39, 0.29) is 17.3 Å². The zero-order valence-electron chi connectivity index (χ0n) is 9.65. The molecule has 0 aliphatic heterocycles. The van der Waals surface area contributed by atoms with Crippen molar-refractivity contribution in [3.63, 3.8) is 0 Å². The molecule has 16 heavy (non-hydrogen) atoms. The Bertz CT molecular complexity index is 394. The molecule has 0 aromatic heterocycles. The van der Waals surface area contributed by atoms with Crippen molar-refractivity contribution in [2.75, 3.05) is 0 Å². The molecule has 0 aromatic carbocycles. The highest BCUT2D eigenvalue weighted by molar-refractivity contribution is 5.92. The van der Waals surface area contributed by atoms with Crippen LogP contribution in [-0.4, -0.2) is 17.0 Å². The molecule has 1 saturated carbocycles. The van der Waals surface area contributed by atoms with Crippen molar-refractivity contribution in [1.82, 2.24) is 0 Å². The van der Waals surface area contributed by atoms with Gasteiger partial charge in [-0.1, -0.05) is 19.1 Å². The van der Waals surface area contributed by atoms with E-state index in [0.717, 1.165) is 19.3 Å². The molecule has 0 amide bonds. The lowest BCUT2D eigenvalue weighted by molar-refractivity contribution is -0.115. The van der Waals surface area contributed by atoms with Gasteiger partial charge >= 0.3 is 0 Å². The minimum absolute atomic E-state index is 0.0532. The van der Waals surface area contributed by atoms with E-state index in [0.29, 0.717) is 18.3 Å². The number of rotatable bonds is 0. The average Bonchev–Trinajstić information content (AvgIpc) is 2.56. The third-order valence-electron chi connectivity index (χ3n) is 4.85. The molecule has 0 bridgehead atoms. The first kappa shape index (κ1) is 10.3. The van der Waals surface area contributed by atoms with Gasteiger partial charge in [-0.15, -0.1) is 0 Å². The summed E-state index contributed by atoms with van der Waals surface area (Å²) in [6.45, 7) is 2.17. The molecular weight excluding hydrogens is 200 g/mol. The fourth-order valence-corrected chi connectivity index (χ4v) is 3.79. The van der Waals surface area contributed by atoms with E-state index >= 15 is 0 Å². The Morgan fingerprint density at radius 2 is 2.19 bits per heavy atom. The molecule has 86 valence electrons. The van der Waals surface area contributed by atoms with Gasteiger partial charge in [0, 0.05) is 11.8 Å². The lowest BCUT2D eigenvalue weighted by Gasteiger charge is -2.42. The number of ketones is 1. The topological polar surface area (TPSA) is 37.3 Å². The number of aliphatic hydroxyl groups is 1. The van der Waals surface area contributed by atoms with Crippen molar-refractivity contribution in [3.05, 3.63) is 23.8 Å². The van der Waals surface area contributed by atoms with E-state index in [2.05, 4.69) is 19.1 Å². The lowest BCUT2D eigenvalue weighted by Crippen LogP contribution is -2.38. The van der Waals surface area contributed by atoms with E-state index < -0.39 is 0 Å². The summed E-state index contributed by atoms with van der Waals surface area (Å²) < 4.78 is 0. The number of hydrogen-bond acceptors (Lipinski definition) is 2. The van der Waals surface area contributed by atoms with Gasteiger partial charge in [-0.05, 0) is 42.7 Å². The molecule has 3 rings (SSSR count). The van der Waals surface area contributed by atoms with Gasteiger partial charge in [0.15, 0.2) is 5.78 Å². The van der Waals surface area contributed by atoms with Crippen LogP contribution in [-0.2, 0) is 4.79 Å². The zero-order chi connectivity index (χ0) is 11.3. The van der Waals surface area contributed by atoms with Crippen LogP contribution >= 0.6 is 0 Å². The zero-order valence-corrected chi connectivity index (χ0v) is 9.65. The van der Waals surface area contributed by atoms with Crippen molar-refractivity contribution in [3.8, 4) is 0 Å². The minimum Gasteiger partial charge on any atom is -0.392 e. The van der Waals surface area contributed by atoms with Gasteiger partial charge in [0.05, 0.1) is 6.10 Å². The van der Waals surface area contributed by atoms with Crippen LogP contribution in [0.3, 0.4) is 0 Å². The number of carbonyl (C=O) groups is 1. The Balaban J connectivity index is 2.03. The molecule has 0 radical (unpaired) electrons. The van der Waals surface area contributed by atoms with Crippen LogP contribution in [0.15, 0.2) is 23.8 Å². The molecule has 2 heteroatoms. The second-order valence-electron chi connectivity index (χ2n) is 5.65. The van der Waals surface area contributed by atoms with Crippen molar-refractivity contribution < 1.29 is 9.90 Å². The largest absolute Gasteiger partial charge is 0.392 e. The van der Waals surface area contributed by atoms with E-state index in [4.69, 9.17) is 0 Å². The summed E-state index contributed by atoms with van der Waals surface area (Å²) in [6.07, 6.45) is 9.49. The number of allylic oxidation sites excluding steroid dienone is 3. The van der Waals surface area contributed by atoms with Crippen molar-refractivity contribution in [2.24, 2.45) is 17.3 Å². The standard InChI is InChI=1S/C14H18O2/c1-14-7-6-9-8-10(15)2-3-11(9)12(14)4-5-13(14)16/h6-8,11-13,16H,2-5H2,1H3. The van der Waals surface area contributed by atoms with Gasteiger partial charge in [0.25, 0.3) is 0 Å². The molecule has 4 unspecified atom stereocenters. The first-order valence-electron chi connectivity index (χ1n) is 6.23. The van der Waals surface area contributed by atoms with E-state index in [1.807, 2.05) is 6.08 Å². The summed E-state index contributed by atoms with van der Waals surface area (Å²) in [5, 5.41) is 10.1. The molecule has 0 saturated heterocycles. The smallest absolute Gasteiger partial charge is 0.155 e. The molecule has 2 nitrogen and oxygen atoms in total. The summed E-state index contributed by atoms with van der Waals surface area (Å²) in [6, 6.07) is 0. The third kappa shape index (κ3) is 1.26. The Morgan fingerprint density at radius 1 is 1.38 bits per heavy atom. The van der Waals surface area contributed by atoms with E-state index in [1.54, 1.807) is 0 Å². The van der Waals surface area contributed by atoms with Gasteiger partial charge in [0.1, 0.15) is 0 Å². The van der Waals surface area contributed by atoms with E-state index in [9.17, 15) is 9.90 Å². The van der Waals surface area contributed by atoms with Crippen LogP contribution < -0.4 is 0 Å². The first-order chi connectivity index (χ1) is 7.61. The van der Waals surface area contributed by atoms with Gasteiger partial charge < -0.3 is 5.11 Å². The maximum absolute atomic E-state index is 11.4. The van der Waals surface area contributed by atoms with Gasteiger partial charge in [-0.3, -0.25) is 4.79 Å². The molecule has 3 aliphatic carbocycles. The fourth-order valence-electron chi connectivity index (χ4n) is 3.79. The summed E-state index contributed by atoms with van der Waals surface area (Å²) in [7, 11) is 0. The number of hydrogen-bond donors (Lipinski definition) is 1. The minimum atomic E-state index is -0.201. The Morgan fingerprint density at radius 3 is 3.00 bits per heavy atom. The van der Waals surface area contributed by atoms with Gasteiger partial charge in [-0.2, -0.15) is 0 Å². The normalized spacial score (nSPS) is 46.2. The van der Waals surface area contributed by atoms with Crippen LogP contribution in [0.1, 0.15) is 32.6 Å². The molecule has 3 aliphatic rings. The number of aliphatic hydroxyl groups excluding tert-OH is 1. The summed E-state index contributed by atoms with van der Waals surface area (Å²) >= 11 is 0. The average molecular weight is 218 g/mol. The molecule has 1 N–H and O–H groups in total. The predicted octanol–water partition coefficient (Wildman–Crippen LogP) is 2.24. The van der Waals surface area contributed by atoms with Gasteiger partial charge in [-0.25, -0.2) is 0 Å². The van der Waals surface area contributed by atoms with E-state index in [1.165, 1.54) is 5.57 Å². The van der Waals surface area contributed by atoms with Gasteiger partial charge in [0.2, 0.25) is 0 Å². The number of carbonyl (C=O) groups excluding carboxylic acids is 1. The molecular formula is C14H18O2. The fraction of sp³-hybridized carbons (Fsp3) is 0.643. The highest BCUT2D eigenvalue weighted by atomic mass is 16.3. The lowest BCUT2D eigenvalue weighted by atomic mass is 9.63. The maximum Gasteiger partial charge on any atom is 0.155 e. The second-order valence-corrected chi connectivity index (χ2v) is 5.65. The Labute approximate surface area is 96.0 Å². The second kappa shape index (κ2) is 3.30. The number of fused-ring (bicyclic) bond motifs is 3. The molecule has 0 spiro atoms. The quantitative estimate of drug-likeness (QED) is 0.677. The molecule has 0 heterocycles. The van der Waals surface area contributed by atoms with Crippen LogP contribution in [0.2, 0.25) is 0 Å². The molecule has 0 aromatic rings.